The lowest BCUT2D eigenvalue weighted by Gasteiger charge is -2.44. The third-order valence-electron chi connectivity index (χ3n) is 4.42. The van der Waals surface area contributed by atoms with Gasteiger partial charge in [-0.05, 0) is 18.1 Å². The summed E-state index contributed by atoms with van der Waals surface area (Å²) < 4.78 is 5.26. The highest BCUT2D eigenvalue weighted by Gasteiger charge is 2.54. The molecule has 1 aliphatic heterocycles. The molecular formula is C20H19ClN2O2S. The number of benzene rings is 1. The Morgan fingerprint density at radius 3 is 2.69 bits per heavy atom. The standard InChI is InChI=1S/C20H19ClN2O2S/c1-4-10-20(12-22)17(14-8-6-7-9-15(14)21)16(13(3)23-19(20)26)18(24)25-11-5-2/h4-9,16-17H,1-3,10-11H2,(H,23,26)/t16-,17+,20+/m0/s1. The SMILES string of the molecule is C=CCOC(=O)[C@H]1C(=C)NC(=S)[C@@](C#N)(CC=C)[C@@H]1c1ccccc1Cl. The van der Waals surface area contributed by atoms with Crippen molar-refractivity contribution in [1.29, 1.82) is 5.26 Å². The van der Waals surface area contributed by atoms with Crippen molar-refractivity contribution in [3.63, 3.8) is 0 Å². The zero-order chi connectivity index (χ0) is 19.3. The number of thiocarbonyl (C=S) groups is 1. The first kappa shape index (κ1) is 19.9. The summed E-state index contributed by atoms with van der Waals surface area (Å²) in [6.45, 7) is 11.3. The number of allylic oxidation sites excluding steroid dienone is 1. The van der Waals surface area contributed by atoms with Crippen LogP contribution in [0.2, 0.25) is 5.02 Å². The molecular weight excluding hydrogens is 368 g/mol. The molecule has 0 aliphatic carbocycles. The van der Waals surface area contributed by atoms with Crippen LogP contribution in [0.1, 0.15) is 17.9 Å². The van der Waals surface area contributed by atoms with Gasteiger partial charge in [-0.1, -0.05) is 67.3 Å². The molecule has 1 aromatic rings. The molecule has 0 unspecified atom stereocenters. The zero-order valence-corrected chi connectivity index (χ0v) is 15.8. The molecule has 134 valence electrons. The summed E-state index contributed by atoms with van der Waals surface area (Å²) in [6.07, 6.45) is 3.35. The number of nitrogens with one attached hydrogen (secondary N) is 1. The normalized spacial score (nSPS) is 24.9. The van der Waals surface area contributed by atoms with Gasteiger partial charge in [0, 0.05) is 16.6 Å². The summed E-state index contributed by atoms with van der Waals surface area (Å²) in [5.41, 5.74) is -0.173. The van der Waals surface area contributed by atoms with Crippen LogP contribution in [-0.2, 0) is 9.53 Å². The van der Waals surface area contributed by atoms with Crippen molar-refractivity contribution in [1.82, 2.24) is 5.32 Å². The van der Waals surface area contributed by atoms with E-state index in [-0.39, 0.29) is 13.0 Å². The lowest BCUT2D eigenvalue weighted by Crippen LogP contribution is -2.53. The summed E-state index contributed by atoms with van der Waals surface area (Å²) in [4.78, 5) is 13.1. The fourth-order valence-corrected chi connectivity index (χ4v) is 3.90. The van der Waals surface area contributed by atoms with Crippen LogP contribution in [0.15, 0.2) is 61.9 Å². The van der Waals surface area contributed by atoms with Crippen LogP contribution in [0, 0.1) is 22.7 Å². The largest absolute Gasteiger partial charge is 0.461 e. The van der Waals surface area contributed by atoms with E-state index in [2.05, 4.69) is 31.1 Å². The summed E-state index contributed by atoms with van der Waals surface area (Å²) in [5.74, 6) is -2.00. The van der Waals surface area contributed by atoms with E-state index in [1.807, 2.05) is 0 Å². The molecule has 6 heteroatoms. The summed E-state index contributed by atoms with van der Waals surface area (Å²) >= 11 is 11.9. The molecule has 0 spiro atoms. The minimum atomic E-state index is -1.19. The van der Waals surface area contributed by atoms with Crippen LogP contribution in [0.3, 0.4) is 0 Å². The van der Waals surface area contributed by atoms with Gasteiger partial charge in [0.15, 0.2) is 0 Å². The average molecular weight is 387 g/mol. The van der Waals surface area contributed by atoms with Crippen molar-refractivity contribution in [2.45, 2.75) is 12.3 Å². The van der Waals surface area contributed by atoms with E-state index < -0.39 is 23.2 Å². The first-order valence-electron chi connectivity index (χ1n) is 7.97. The highest BCUT2D eigenvalue weighted by atomic mass is 35.5. The molecule has 1 saturated heterocycles. The number of nitriles is 1. The second-order valence-electron chi connectivity index (χ2n) is 5.95. The van der Waals surface area contributed by atoms with Crippen molar-refractivity contribution in [3.05, 3.63) is 72.4 Å². The van der Waals surface area contributed by atoms with Gasteiger partial charge in [0.2, 0.25) is 0 Å². The Hall–Kier alpha value is -2.42. The predicted molar refractivity (Wildman–Crippen MR) is 107 cm³/mol. The summed E-state index contributed by atoms with van der Waals surface area (Å²) in [6, 6.07) is 9.39. The maximum absolute atomic E-state index is 12.8. The van der Waals surface area contributed by atoms with Crippen LogP contribution >= 0.6 is 23.8 Å². The monoisotopic (exact) mass is 386 g/mol. The van der Waals surface area contributed by atoms with E-state index >= 15 is 0 Å². The van der Waals surface area contributed by atoms with Crippen molar-refractivity contribution in [3.8, 4) is 6.07 Å². The maximum Gasteiger partial charge on any atom is 0.315 e. The molecule has 1 aromatic carbocycles. The number of nitrogens with zero attached hydrogens (tertiary/aromatic N) is 1. The topological polar surface area (TPSA) is 62.1 Å². The fraction of sp³-hybridized carbons (Fsp3) is 0.250. The van der Waals surface area contributed by atoms with Gasteiger partial charge in [-0.2, -0.15) is 5.26 Å². The number of hydrogen-bond donors (Lipinski definition) is 1. The van der Waals surface area contributed by atoms with Crippen LogP contribution < -0.4 is 5.32 Å². The Kier molecular flexibility index (Phi) is 6.36. The van der Waals surface area contributed by atoms with Gasteiger partial charge < -0.3 is 10.1 Å². The van der Waals surface area contributed by atoms with Crippen LogP contribution in [0.4, 0.5) is 0 Å². The van der Waals surface area contributed by atoms with Gasteiger partial charge in [-0.25, -0.2) is 0 Å². The van der Waals surface area contributed by atoms with E-state index in [4.69, 9.17) is 28.6 Å². The van der Waals surface area contributed by atoms with Gasteiger partial charge in [-0.15, -0.1) is 6.58 Å². The third kappa shape index (κ3) is 3.44. The summed E-state index contributed by atoms with van der Waals surface area (Å²) in [7, 11) is 0. The van der Waals surface area contributed by atoms with Crippen LogP contribution in [0.5, 0.6) is 0 Å². The molecule has 26 heavy (non-hydrogen) atoms. The van der Waals surface area contributed by atoms with Gasteiger partial charge in [-0.3, -0.25) is 4.79 Å². The Bertz CT molecular complexity index is 814. The van der Waals surface area contributed by atoms with Gasteiger partial charge >= 0.3 is 5.97 Å². The minimum Gasteiger partial charge on any atom is -0.461 e. The molecule has 2 rings (SSSR count). The molecule has 4 nitrogen and oxygen atoms in total. The van der Waals surface area contributed by atoms with E-state index in [9.17, 15) is 10.1 Å². The molecule has 3 atom stereocenters. The molecule has 1 fully saturated rings. The number of hydrogen-bond acceptors (Lipinski definition) is 4. The first-order valence-corrected chi connectivity index (χ1v) is 8.76. The lowest BCUT2D eigenvalue weighted by molar-refractivity contribution is -0.147. The average Bonchev–Trinajstić information content (AvgIpc) is 2.62. The van der Waals surface area contributed by atoms with E-state index in [0.29, 0.717) is 21.3 Å². The zero-order valence-electron chi connectivity index (χ0n) is 14.2. The Morgan fingerprint density at radius 2 is 2.12 bits per heavy atom. The second kappa shape index (κ2) is 8.31. The second-order valence-corrected chi connectivity index (χ2v) is 6.77. The first-order chi connectivity index (χ1) is 12.4. The van der Waals surface area contributed by atoms with E-state index in [1.165, 1.54) is 6.08 Å². The highest BCUT2D eigenvalue weighted by Crippen LogP contribution is 2.51. The molecule has 1 aliphatic rings. The predicted octanol–water partition coefficient (Wildman–Crippen LogP) is 4.30. The molecule has 0 aromatic heterocycles. The van der Waals surface area contributed by atoms with Gasteiger partial charge in [0.05, 0.1) is 6.07 Å². The van der Waals surface area contributed by atoms with Crippen LogP contribution in [0.25, 0.3) is 0 Å². The number of halogens is 1. The number of rotatable bonds is 6. The smallest absolute Gasteiger partial charge is 0.315 e. The third-order valence-corrected chi connectivity index (χ3v) is 5.23. The Balaban J connectivity index is 2.70. The lowest BCUT2D eigenvalue weighted by atomic mass is 9.62. The molecule has 0 radical (unpaired) electrons. The minimum absolute atomic E-state index is 0.0588. The maximum atomic E-state index is 12.8. The van der Waals surface area contributed by atoms with Crippen molar-refractivity contribution in [2.24, 2.45) is 11.3 Å². The summed E-state index contributed by atoms with van der Waals surface area (Å²) in [5, 5.41) is 13.4. The number of piperidine rings is 1. The Morgan fingerprint density at radius 1 is 1.42 bits per heavy atom. The van der Waals surface area contributed by atoms with Crippen molar-refractivity contribution < 1.29 is 9.53 Å². The molecule has 0 bridgehead atoms. The number of carbonyl (C=O) groups excluding carboxylic acids is 1. The number of esters is 1. The van der Waals surface area contributed by atoms with Gasteiger partial charge in [0.1, 0.15) is 22.9 Å². The van der Waals surface area contributed by atoms with E-state index in [1.54, 1.807) is 30.3 Å². The number of carbonyl (C=O) groups is 1. The highest BCUT2D eigenvalue weighted by molar-refractivity contribution is 7.80. The van der Waals surface area contributed by atoms with Crippen LogP contribution in [-0.4, -0.2) is 17.6 Å². The van der Waals surface area contributed by atoms with Gasteiger partial charge in [0.25, 0.3) is 0 Å². The quantitative estimate of drug-likeness (QED) is 0.448. The number of ether oxygens (including phenoxy) is 1. The Labute approximate surface area is 163 Å². The van der Waals surface area contributed by atoms with Crippen molar-refractivity contribution >= 4 is 34.8 Å². The molecule has 0 amide bonds. The van der Waals surface area contributed by atoms with E-state index in [0.717, 1.165) is 0 Å². The fourth-order valence-electron chi connectivity index (χ4n) is 3.26. The molecule has 0 saturated carbocycles. The van der Waals surface area contributed by atoms with Crippen molar-refractivity contribution in [2.75, 3.05) is 6.61 Å². The molecule has 1 heterocycles. The molecule has 1 N–H and O–H groups in total.